The zero-order valence-electron chi connectivity index (χ0n) is 8.67. The summed E-state index contributed by atoms with van der Waals surface area (Å²) in [4.78, 5) is 12.8. The quantitative estimate of drug-likeness (QED) is 0.721. The molecule has 3 heteroatoms. The van der Waals surface area contributed by atoms with E-state index in [9.17, 15) is 4.79 Å². The molecule has 0 saturated carbocycles. The summed E-state index contributed by atoms with van der Waals surface area (Å²) in [5, 5.41) is 5.05. The Bertz CT molecular complexity index is 424. The SMILES string of the molecule is CC#CC(=O)N[C@@H]1CCCc2sccc21. The number of amides is 1. The fraction of sp³-hybridized carbons (Fsp3) is 0.417. The first-order chi connectivity index (χ1) is 7.31. The molecule has 1 aromatic heterocycles. The van der Waals surface area contributed by atoms with Crippen LogP contribution in [0.2, 0.25) is 0 Å². The molecular weight excluding hydrogens is 206 g/mol. The van der Waals surface area contributed by atoms with Crippen LogP contribution >= 0.6 is 11.3 Å². The molecule has 1 aliphatic carbocycles. The second kappa shape index (κ2) is 4.50. The molecule has 1 aromatic rings. The minimum Gasteiger partial charge on any atom is -0.338 e. The van der Waals surface area contributed by atoms with E-state index in [-0.39, 0.29) is 11.9 Å². The normalized spacial score (nSPS) is 18.6. The Hall–Kier alpha value is -1.27. The summed E-state index contributed by atoms with van der Waals surface area (Å²) < 4.78 is 0. The molecule has 0 radical (unpaired) electrons. The number of fused-ring (bicyclic) bond motifs is 1. The van der Waals surface area contributed by atoms with Crippen molar-refractivity contribution in [3.05, 3.63) is 21.9 Å². The van der Waals surface area contributed by atoms with Gasteiger partial charge < -0.3 is 5.32 Å². The zero-order valence-corrected chi connectivity index (χ0v) is 9.49. The average Bonchev–Trinajstić information content (AvgIpc) is 2.67. The van der Waals surface area contributed by atoms with E-state index >= 15 is 0 Å². The molecule has 2 rings (SSSR count). The number of nitrogens with one attached hydrogen (secondary N) is 1. The first-order valence-corrected chi connectivity index (χ1v) is 5.98. The van der Waals surface area contributed by atoms with Crippen molar-refractivity contribution in [2.45, 2.75) is 32.2 Å². The van der Waals surface area contributed by atoms with Crippen LogP contribution in [0, 0.1) is 11.8 Å². The monoisotopic (exact) mass is 219 g/mol. The minimum atomic E-state index is -0.165. The molecule has 0 saturated heterocycles. The van der Waals surface area contributed by atoms with E-state index in [1.54, 1.807) is 18.3 Å². The number of carbonyl (C=O) groups excluding carboxylic acids is 1. The van der Waals surface area contributed by atoms with E-state index in [1.165, 1.54) is 10.4 Å². The van der Waals surface area contributed by atoms with Crippen molar-refractivity contribution in [2.24, 2.45) is 0 Å². The van der Waals surface area contributed by atoms with E-state index in [2.05, 4.69) is 28.6 Å². The van der Waals surface area contributed by atoms with Crippen LogP contribution < -0.4 is 5.32 Å². The maximum Gasteiger partial charge on any atom is 0.296 e. The Kier molecular flexibility index (Phi) is 3.08. The highest BCUT2D eigenvalue weighted by Gasteiger charge is 2.21. The van der Waals surface area contributed by atoms with Crippen LogP contribution in [-0.4, -0.2) is 5.91 Å². The van der Waals surface area contributed by atoms with Crippen LogP contribution in [0.3, 0.4) is 0 Å². The standard InChI is InChI=1S/C12H13NOS/c1-2-4-12(14)13-10-5-3-6-11-9(10)7-8-15-11/h7-8,10H,3,5-6H2,1H3,(H,13,14)/t10-/m1/s1. The summed E-state index contributed by atoms with van der Waals surface area (Å²) in [6, 6.07) is 2.29. The van der Waals surface area contributed by atoms with Gasteiger partial charge in [-0.15, -0.1) is 11.3 Å². The summed E-state index contributed by atoms with van der Waals surface area (Å²) in [6.45, 7) is 1.68. The van der Waals surface area contributed by atoms with Gasteiger partial charge in [-0.3, -0.25) is 4.79 Å². The Morgan fingerprint density at radius 1 is 1.67 bits per heavy atom. The van der Waals surface area contributed by atoms with Crippen molar-refractivity contribution in [1.82, 2.24) is 5.32 Å². The minimum absolute atomic E-state index is 0.165. The maximum absolute atomic E-state index is 11.4. The second-order valence-corrected chi connectivity index (χ2v) is 4.59. The largest absolute Gasteiger partial charge is 0.338 e. The van der Waals surface area contributed by atoms with E-state index < -0.39 is 0 Å². The van der Waals surface area contributed by atoms with Crippen LogP contribution in [0.15, 0.2) is 11.4 Å². The third-order valence-electron chi connectivity index (χ3n) is 2.60. The van der Waals surface area contributed by atoms with Crippen LogP contribution in [0.25, 0.3) is 0 Å². The molecule has 0 bridgehead atoms. The van der Waals surface area contributed by atoms with Gasteiger partial charge >= 0.3 is 0 Å². The van der Waals surface area contributed by atoms with Crippen molar-refractivity contribution in [1.29, 1.82) is 0 Å². The summed E-state index contributed by atoms with van der Waals surface area (Å²) >= 11 is 1.78. The maximum atomic E-state index is 11.4. The molecule has 0 fully saturated rings. The second-order valence-electron chi connectivity index (χ2n) is 3.59. The number of hydrogen-bond donors (Lipinski definition) is 1. The van der Waals surface area contributed by atoms with Gasteiger partial charge in [0, 0.05) is 4.88 Å². The first kappa shape index (κ1) is 10.3. The van der Waals surface area contributed by atoms with Gasteiger partial charge in [0.05, 0.1) is 6.04 Å². The molecule has 0 aromatic carbocycles. The highest BCUT2D eigenvalue weighted by Crippen LogP contribution is 2.32. The van der Waals surface area contributed by atoms with E-state index in [0.29, 0.717) is 0 Å². The molecule has 78 valence electrons. The Morgan fingerprint density at radius 3 is 3.33 bits per heavy atom. The van der Waals surface area contributed by atoms with Gasteiger partial charge in [-0.05, 0) is 49.1 Å². The number of carbonyl (C=O) groups is 1. The van der Waals surface area contributed by atoms with Crippen LogP contribution in [-0.2, 0) is 11.2 Å². The lowest BCUT2D eigenvalue weighted by Gasteiger charge is -2.22. The van der Waals surface area contributed by atoms with Crippen molar-refractivity contribution in [3.63, 3.8) is 0 Å². The molecule has 1 heterocycles. The lowest BCUT2D eigenvalue weighted by atomic mass is 9.94. The zero-order chi connectivity index (χ0) is 10.7. The van der Waals surface area contributed by atoms with E-state index in [0.717, 1.165) is 19.3 Å². The van der Waals surface area contributed by atoms with Gasteiger partial charge in [0.25, 0.3) is 5.91 Å². The van der Waals surface area contributed by atoms with Gasteiger partial charge in [0.2, 0.25) is 0 Å². The van der Waals surface area contributed by atoms with Crippen molar-refractivity contribution in [3.8, 4) is 11.8 Å². The first-order valence-electron chi connectivity index (χ1n) is 5.11. The number of aryl methyl sites for hydroxylation is 1. The number of hydrogen-bond acceptors (Lipinski definition) is 2. The topological polar surface area (TPSA) is 29.1 Å². The predicted octanol–water partition coefficient (Wildman–Crippen LogP) is 2.27. The molecule has 1 amide bonds. The molecular formula is C12H13NOS. The van der Waals surface area contributed by atoms with Gasteiger partial charge in [-0.2, -0.15) is 0 Å². The Balaban J connectivity index is 2.12. The summed E-state index contributed by atoms with van der Waals surface area (Å²) in [5.74, 6) is 4.97. The lowest BCUT2D eigenvalue weighted by molar-refractivity contribution is -0.116. The fourth-order valence-electron chi connectivity index (χ4n) is 1.94. The molecule has 1 N–H and O–H groups in total. The number of thiophene rings is 1. The summed E-state index contributed by atoms with van der Waals surface area (Å²) in [5.41, 5.74) is 1.29. The van der Waals surface area contributed by atoms with Crippen LogP contribution in [0.1, 0.15) is 36.2 Å². The fourth-order valence-corrected chi connectivity index (χ4v) is 2.93. The average molecular weight is 219 g/mol. The molecule has 0 aliphatic heterocycles. The third-order valence-corrected chi connectivity index (χ3v) is 3.59. The molecule has 1 aliphatic rings. The highest BCUT2D eigenvalue weighted by atomic mass is 32.1. The van der Waals surface area contributed by atoms with Gasteiger partial charge in [0.15, 0.2) is 0 Å². The summed E-state index contributed by atoms with van der Waals surface area (Å²) in [6.07, 6.45) is 3.33. The summed E-state index contributed by atoms with van der Waals surface area (Å²) in [7, 11) is 0. The van der Waals surface area contributed by atoms with Crippen LogP contribution in [0.4, 0.5) is 0 Å². The smallest absolute Gasteiger partial charge is 0.296 e. The third kappa shape index (κ3) is 2.21. The van der Waals surface area contributed by atoms with Crippen molar-refractivity contribution in [2.75, 3.05) is 0 Å². The lowest BCUT2D eigenvalue weighted by Crippen LogP contribution is -2.29. The molecule has 15 heavy (non-hydrogen) atoms. The van der Waals surface area contributed by atoms with Gasteiger partial charge in [-0.1, -0.05) is 5.92 Å². The molecule has 1 atom stereocenters. The van der Waals surface area contributed by atoms with E-state index in [1.807, 2.05) is 0 Å². The number of rotatable bonds is 1. The highest BCUT2D eigenvalue weighted by molar-refractivity contribution is 7.10. The molecule has 2 nitrogen and oxygen atoms in total. The Morgan fingerprint density at radius 2 is 2.53 bits per heavy atom. The van der Waals surface area contributed by atoms with E-state index in [4.69, 9.17) is 0 Å². The Labute approximate surface area is 93.7 Å². The van der Waals surface area contributed by atoms with Crippen molar-refractivity contribution < 1.29 is 4.79 Å². The molecule has 0 unspecified atom stereocenters. The van der Waals surface area contributed by atoms with Gasteiger partial charge in [0.1, 0.15) is 0 Å². The van der Waals surface area contributed by atoms with Crippen molar-refractivity contribution >= 4 is 17.2 Å². The van der Waals surface area contributed by atoms with Crippen LogP contribution in [0.5, 0.6) is 0 Å². The van der Waals surface area contributed by atoms with Gasteiger partial charge in [-0.25, -0.2) is 0 Å². The predicted molar refractivity (Wildman–Crippen MR) is 61.6 cm³/mol. The molecule has 0 spiro atoms.